The lowest BCUT2D eigenvalue weighted by Gasteiger charge is -2.18. The molecule has 7 heteroatoms. The molecule has 146 valence electrons. The lowest BCUT2D eigenvalue weighted by molar-refractivity contribution is 0.0527. The number of benzene rings is 2. The third-order valence-electron chi connectivity index (χ3n) is 4.72. The Balaban J connectivity index is 1.57. The summed E-state index contributed by atoms with van der Waals surface area (Å²) >= 11 is 0. The molecular formula is C22H20N4O3. The molecule has 0 aliphatic carbocycles. The fraction of sp³-hybridized carbons (Fsp3) is 0.182. The van der Waals surface area contributed by atoms with Crippen molar-refractivity contribution in [1.82, 2.24) is 9.97 Å². The van der Waals surface area contributed by atoms with Crippen LogP contribution >= 0.6 is 0 Å². The van der Waals surface area contributed by atoms with Crippen molar-refractivity contribution in [3.63, 3.8) is 0 Å². The van der Waals surface area contributed by atoms with Gasteiger partial charge in [0.05, 0.1) is 17.9 Å². The topological polar surface area (TPSA) is 84.4 Å². The Hall–Kier alpha value is -3.74. The van der Waals surface area contributed by atoms with Crippen molar-refractivity contribution >= 4 is 29.1 Å². The van der Waals surface area contributed by atoms with E-state index in [4.69, 9.17) is 4.74 Å². The molecule has 0 atom stereocenters. The number of fused-ring (bicyclic) bond motifs is 1. The number of anilines is 3. The molecule has 0 spiro atoms. The molecule has 7 nitrogen and oxygen atoms in total. The number of ether oxygens (including phenoxy) is 1. The lowest BCUT2D eigenvalue weighted by Crippen LogP contribution is -2.19. The van der Waals surface area contributed by atoms with Crippen LogP contribution in [0.3, 0.4) is 0 Å². The van der Waals surface area contributed by atoms with Gasteiger partial charge in [0, 0.05) is 18.3 Å². The smallest absolute Gasteiger partial charge is 0.340 e. The molecule has 2 aromatic carbocycles. The molecule has 0 saturated carbocycles. The number of para-hydroxylation sites is 2. The average molecular weight is 388 g/mol. The number of nitrogens with zero attached hydrogens (tertiary/aromatic N) is 3. The van der Waals surface area contributed by atoms with Gasteiger partial charge < -0.3 is 15.0 Å². The summed E-state index contributed by atoms with van der Waals surface area (Å²) in [6, 6.07) is 16.5. The summed E-state index contributed by atoms with van der Waals surface area (Å²) in [7, 11) is 0. The van der Waals surface area contributed by atoms with E-state index in [1.54, 1.807) is 37.3 Å². The average Bonchev–Trinajstić information content (AvgIpc) is 3.18. The van der Waals surface area contributed by atoms with E-state index in [0.29, 0.717) is 17.1 Å². The van der Waals surface area contributed by atoms with Gasteiger partial charge in [-0.3, -0.25) is 4.79 Å². The molecule has 1 amide bonds. The Morgan fingerprint density at radius 1 is 1.10 bits per heavy atom. The second-order valence-electron chi connectivity index (χ2n) is 6.51. The maximum Gasteiger partial charge on any atom is 0.340 e. The number of rotatable bonds is 5. The molecule has 0 unspecified atom stereocenters. The van der Waals surface area contributed by atoms with Gasteiger partial charge in [0.15, 0.2) is 0 Å². The van der Waals surface area contributed by atoms with Crippen molar-refractivity contribution in [2.24, 2.45) is 0 Å². The number of nitrogens with one attached hydrogen (secondary N) is 1. The Bertz CT molecular complexity index is 1070. The number of aromatic nitrogens is 2. The predicted molar refractivity (Wildman–Crippen MR) is 110 cm³/mol. The molecule has 1 aliphatic rings. The summed E-state index contributed by atoms with van der Waals surface area (Å²) in [5.74, 6) is -0.243. The second kappa shape index (κ2) is 8.10. The van der Waals surface area contributed by atoms with E-state index in [1.165, 1.54) is 11.9 Å². The van der Waals surface area contributed by atoms with Crippen LogP contribution in [-0.4, -0.2) is 35.0 Å². The van der Waals surface area contributed by atoms with Crippen LogP contribution in [0.4, 0.5) is 17.2 Å². The van der Waals surface area contributed by atoms with Gasteiger partial charge >= 0.3 is 5.97 Å². The molecule has 2 heterocycles. The van der Waals surface area contributed by atoms with Crippen LogP contribution < -0.4 is 10.2 Å². The van der Waals surface area contributed by atoms with Crippen LogP contribution in [-0.2, 0) is 11.2 Å². The van der Waals surface area contributed by atoms with Gasteiger partial charge in [-0.25, -0.2) is 14.8 Å². The van der Waals surface area contributed by atoms with E-state index < -0.39 is 11.9 Å². The van der Waals surface area contributed by atoms with Crippen molar-refractivity contribution in [3.8, 4) is 0 Å². The summed E-state index contributed by atoms with van der Waals surface area (Å²) in [5, 5.41) is 2.75. The van der Waals surface area contributed by atoms with Gasteiger partial charge in [-0.1, -0.05) is 30.3 Å². The molecule has 3 aromatic rings. The van der Waals surface area contributed by atoms with E-state index in [2.05, 4.69) is 26.3 Å². The highest BCUT2D eigenvalue weighted by atomic mass is 16.5. The van der Waals surface area contributed by atoms with Crippen LogP contribution in [0.1, 0.15) is 33.3 Å². The lowest BCUT2D eigenvalue weighted by atomic mass is 10.1. The van der Waals surface area contributed by atoms with Gasteiger partial charge in [-0.15, -0.1) is 0 Å². The molecule has 1 aromatic heterocycles. The first kappa shape index (κ1) is 18.6. The number of carbonyl (C=O) groups is 2. The van der Waals surface area contributed by atoms with Gasteiger partial charge in [-0.05, 0) is 37.1 Å². The molecular weight excluding hydrogens is 368 g/mol. The first-order chi connectivity index (χ1) is 14.2. The predicted octanol–water partition coefficient (Wildman–Crippen LogP) is 3.60. The zero-order chi connectivity index (χ0) is 20.2. The molecule has 0 radical (unpaired) electrons. The second-order valence-corrected chi connectivity index (χ2v) is 6.51. The van der Waals surface area contributed by atoms with Gasteiger partial charge in [0.1, 0.15) is 17.8 Å². The first-order valence-electron chi connectivity index (χ1n) is 9.42. The molecule has 29 heavy (non-hydrogen) atoms. The summed E-state index contributed by atoms with van der Waals surface area (Å²) in [5.41, 5.74) is 3.23. The number of hydrogen-bond donors (Lipinski definition) is 1. The third-order valence-corrected chi connectivity index (χ3v) is 4.72. The standard InChI is InChI=1S/C22H20N4O3/c1-2-29-22(28)16-8-4-5-9-17(16)25-21(27)18-13-20(24-14-23-18)26-12-11-15-7-3-6-10-19(15)26/h3-10,13-14H,2,11-12H2,1H3,(H,25,27). The van der Waals surface area contributed by atoms with Crippen LogP contribution in [0.2, 0.25) is 0 Å². The van der Waals surface area contributed by atoms with Gasteiger partial charge in [0.25, 0.3) is 5.91 Å². The summed E-state index contributed by atoms with van der Waals surface area (Å²) < 4.78 is 5.05. The largest absolute Gasteiger partial charge is 0.462 e. The number of esters is 1. The summed E-state index contributed by atoms with van der Waals surface area (Å²) in [6.45, 7) is 2.79. The van der Waals surface area contributed by atoms with Crippen molar-refractivity contribution in [3.05, 3.63) is 77.7 Å². The molecule has 1 aliphatic heterocycles. The van der Waals surface area contributed by atoms with Crippen LogP contribution in [0.5, 0.6) is 0 Å². The quantitative estimate of drug-likeness (QED) is 0.673. The Morgan fingerprint density at radius 3 is 2.76 bits per heavy atom. The van der Waals surface area contributed by atoms with E-state index >= 15 is 0 Å². The maximum atomic E-state index is 12.8. The molecule has 1 N–H and O–H groups in total. The molecule has 0 saturated heterocycles. The molecule has 0 bridgehead atoms. The first-order valence-corrected chi connectivity index (χ1v) is 9.42. The fourth-order valence-electron chi connectivity index (χ4n) is 3.36. The van der Waals surface area contributed by atoms with Crippen molar-refractivity contribution < 1.29 is 14.3 Å². The van der Waals surface area contributed by atoms with Gasteiger partial charge in [0.2, 0.25) is 0 Å². The van der Waals surface area contributed by atoms with Crippen molar-refractivity contribution in [2.45, 2.75) is 13.3 Å². The maximum absolute atomic E-state index is 12.8. The Kier molecular flexibility index (Phi) is 5.20. The highest BCUT2D eigenvalue weighted by Crippen LogP contribution is 2.33. The van der Waals surface area contributed by atoms with Crippen LogP contribution in [0.25, 0.3) is 0 Å². The minimum Gasteiger partial charge on any atom is -0.462 e. The number of carbonyl (C=O) groups excluding carboxylic acids is 2. The normalized spacial score (nSPS) is 12.4. The minimum atomic E-state index is -0.486. The van der Waals surface area contributed by atoms with Gasteiger partial charge in [-0.2, -0.15) is 0 Å². The zero-order valence-electron chi connectivity index (χ0n) is 16.0. The van der Waals surface area contributed by atoms with Crippen molar-refractivity contribution in [2.75, 3.05) is 23.4 Å². The fourth-order valence-corrected chi connectivity index (χ4v) is 3.36. The van der Waals surface area contributed by atoms with Crippen molar-refractivity contribution in [1.29, 1.82) is 0 Å². The number of hydrogen-bond acceptors (Lipinski definition) is 6. The van der Waals surface area contributed by atoms with E-state index in [9.17, 15) is 9.59 Å². The Labute approximate surface area is 168 Å². The van der Waals surface area contributed by atoms with E-state index in [0.717, 1.165) is 18.7 Å². The number of amides is 1. The van der Waals surface area contributed by atoms with E-state index in [1.807, 2.05) is 18.2 Å². The zero-order valence-corrected chi connectivity index (χ0v) is 16.0. The summed E-state index contributed by atoms with van der Waals surface area (Å²) in [6.07, 6.45) is 2.30. The SMILES string of the molecule is CCOC(=O)c1ccccc1NC(=O)c1cc(N2CCc3ccccc32)ncn1. The van der Waals surface area contributed by atoms with Crippen LogP contribution in [0.15, 0.2) is 60.9 Å². The van der Waals surface area contributed by atoms with Crippen LogP contribution in [0, 0.1) is 0 Å². The highest BCUT2D eigenvalue weighted by molar-refractivity contribution is 6.07. The molecule has 4 rings (SSSR count). The minimum absolute atomic E-state index is 0.220. The summed E-state index contributed by atoms with van der Waals surface area (Å²) in [4.78, 5) is 35.4. The monoisotopic (exact) mass is 388 g/mol. The van der Waals surface area contributed by atoms with E-state index in [-0.39, 0.29) is 12.3 Å². The highest BCUT2D eigenvalue weighted by Gasteiger charge is 2.22. The molecule has 0 fully saturated rings. The Morgan fingerprint density at radius 2 is 1.90 bits per heavy atom. The third kappa shape index (κ3) is 3.80.